The number of fused-ring (bicyclic) bond motifs is 1. The summed E-state index contributed by atoms with van der Waals surface area (Å²) in [6, 6.07) is 19.0. The van der Waals surface area contributed by atoms with Crippen molar-refractivity contribution in [2.45, 2.75) is 18.9 Å². The van der Waals surface area contributed by atoms with Gasteiger partial charge in [-0.2, -0.15) is 5.26 Å². The van der Waals surface area contributed by atoms with E-state index in [1.165, 1.54) is 6.07 Å². The number of carbonyl (C=O) groups is 1. The van der Waals surface area contributed by atoms with E-state index >= 15 is 0 Å². The lowest BCUT2D eigenvalue weighted by Crippen LogP contribution is -2.28. The Kier molecular flexibility index (Phi) is 6.36. The van der Waals surface area contributed by atoms with Gasteiger partial charge in [-0.1, -0.05) is 24.3 Å². The maximum Gasteiger partial charge on any atom is 0.221 e. The monoisotopic (exact) mass is 445 g/mol. The molecule has 1 aromatic heterocycles. The fourth-order valence-corrected chi connectivity index (χ4v) is 3.85. The number of nitriles is 1. The maximum absolute atomic E-state index is 14.1. The SMILES string of the molecule is COc1ccc(-c2[nH]c3ccccc3c2CCC(=O)NC(C#N)c2ccc(F)cc2F)cc1. The number of halogens is 2. The van der Waals surface area contributed by atoms with E-state index in [0.29, 0.717) is 12.5 Å². The third-order valence-electron chi connectivity index (χ3n) is 5.50. The van der Waals surface area contributed by atoms with Crippen LogP contribution in [0.5, 0.6) is 5.75 Å². The third kappa shape index (κ3) is 4.70. The van der Waals surface area contributed by atoms with Crippen LogP contribution in [-0.2, 0) is 11.2 Å². The summed E-state index contributed by atoms with van der Waals surface area (Å²) in [5.74, 6) is -1.28. The number of H-pyrrole nitrogens is 1. The van der Waals surface area contributed by atoms with E-state index in [0.717, 1.165) is 39.5 Å². The number of carbonyl (C=O) groups excluding carboxylic acids is 1. The largest absolute Gasteiger partial charge is 0.497 e. The second-order valence-corrected chi connectivity index (χ2v) is 7.55. The second-order valence-electron chi connectivity index (χ2n) is 7.55. The molecule has 7 heteroatoms. The first-order valence-corrected chi connectivity index (χ1v) is 10.4. The van der Waals surface area contributed by atoms with Crippen molar-refractivity contribution in [3.05, 3.63) is 89.5 Å². The zero-order valence-electron chi connectivity index (χ0n) is 17.9. The number of hydrogen-bond acceptors (Lipinski definition) is 3. The van der Waals surface area contributed by atoms with E-state index in [4.69, 9.17) is 4.74 Å². The minimum absolute atomic E-state index is 0.0710. The van der Waals surface area contributed by atoms with Gasteiger partial charge in [0.2, 0.25) is 5.91 Å². The van der Waals surface area contributed by atoms with Crippen LogP contribution >= 0.6 is 0 Å². The summed E-state index contributed by atoms with van der Waals surface area (Å²) in [6.07, 6.45) is 0.493. The highest BCUT2D eigenvalue weighted by atomic mass is 19.1. The molecule has 4 rings (SSSR count). The van der Waals surface area contributed by atoms with E-state index in [9.17, 15) is 18.8 Å². The molecule has 0 fully saturated rings. The van der Waals surface area contributed by atoms with Gasteiger partial charge in [0, 0.05) is 34.6 Å². The molecule has 0 saturated carbocycles. The summed E-state index contributed by atoms with van der Waals surface area (Å²) in [7, 11) is 1.61. The molecule has 0 aliphatic rings. The van der Waals surface area contributed by atoms with Crippen molar-refractivity contribution in [3.8, 4) is 23.1 Å². The Balaban J connectivity index is 1.56. The summed E-state index contributed by atoms with van der Waals surface area (Å²) in [5.41, 5.74) is 3.69. The van der Waals surface area contributed by atoms with Crippen LogP contribution in [0.3, 0.4) is 0 Å². The molecule has 1 heterocycles. The Morgan fingerprint density at radius 1 is 1.12 bits per heavy atom. The van der Waals surface area contributed by atoms with Gasteiger partial charge in [-0.15, -0.1) is 0 Å². The standard InChI is InChI=1S/C26H21F2N3O2/c1-33-18-9-6-16(7-10-18)26-20(19-4-2-3-5-23(19)31-26)12-13-25(32)30-24(15-29)21-11-8-17(27)14-22(21)28/h2-11,14,24,31H,12-13H2,1H3,(H,30,32). The van der Waals surface area contributed by atoms with Crippen molar-refractivity contribution in [1.82, 2.24) is 10.3 Å². The third-order valence-corrected chi connectivity index (χ3v) is 5.50. The highest BCUT2D eigenvalue weighted by molar-refractivity contribution is 5.91. The van der Waals surface area contributed by atoms with Crippen molar-refractivity contribution in [1.29, 1.82) is 5.26 Å². The van der Waals surface area contributed by atoms with Gasteiger partial charge in [0.05, 0.1) is 13.2 Å². The van der Waals surface area contributed by atoms with Crippen molar-refractivity contribution < 1.29 is 18.3 Å². The molecule has 33 heavy (non-hydrogen) atoms. The zero-order chi connectivity index (χ0) is 23.4. The second kappa shape index (κ2) is 9.53. The summed E-state index contributed by atoms with van der Waals surface area (Å²) >= 11 is 0. The average molecular weight is 445 g/mol. The van der Waals surface area contributed by atoms with Crippen LogP contribution in [0.4, 0.5) is 8.78 Å². The van der Waals surface area contributed by atoms with Gasteiger partial charge in [0.1, 0.15) is 23.4 Å². The average Bonchev–Trinajstić information content (AvgIpc) is 3.20. The predicted octanol–water partition coefficient (Wildman–Crippen LogP) is 5.44. The minimum Gasteiger partial charge on any atom is -0.497 e. The summed E-state index contributed by atoms with van der Waals surface area (Å²) in [4.78, 5) is 16.1. The number of para-hydroxylation sites is 1. The van der Waals surface area contributed by atoms with Crippen LogP contribution in [0, 0.1) is 23.0 Å². The van der Waals surface area contributed by atoms with Crippen LogP contribution in [0.1, 0.15) is 23.6 Å². The lowest BCUT2D eigenvalue weighted by Gasteiger charge is -2.13. The Labute approximate surface area is 189 Å². The van der Waals surface area contributed by atoms with E-state index in [1.54, 1.807) is 7.11 Å². The minimum atomic E-state index is -1.21. The predicted molar refractivity (Wildman–Crippen MR) is 121 cm³/mol. The molecule has 2 N–H and O–H groups in total. The molecule has 166 valence electrons. The Morgan fingerprint density at radius 2 is 1.88 bits per heavy atom. The quantitative estimate of drug-likeness (QED) is 0.398. The number of nitrogens with one attached hydrogen (secondary N) is 2. The lowest BCUT2D eigenvalue weighted by molar-refractivity contribution is -0.121. The van der Waals surface area contributed by atoms with Crippen molar-refractivity contribution in [3.63, 3.8) is 0 Å². The number of nitrogens with zero attached hydrogens (tertiary/aromatic N) is 1. The summed E-state index contributed by atoms with van der Waals surface area (Å²) in [6.45, 7) is 0. The normalized spacial score (nSPS) is 11.7. The van der Waals surface area contributed by atoms with Crippen molar-refractivity contribution in [2.24, 2.45) is 0 Å². The van der Waals surface area contributed by atoms with Gasteiger partial charge in [-0.05, 0) is 53.9 Å². The topological polar surface area (TPSA) is 77.9 Å². The summed E-state index contributed by atoms with van der Waals surface area (Å²) in [5, 5.41) is 12.9. The molecule has 0 saturated heterocycles. The van der Waals surface area contributed by atoms with Gasteiger partial charge in [0.15, 0.2) is 0 Å². The molecule has 0 spiro atoms. The molecule has 0 bridgehead atoms. The van der Waals surface area contributed by atoms with Crippen LogP contribution in [-0.4, -0.2) is 18.0 Å². The molecular formula is C26H21F2N3O2. The van der Waals surface area contributed by atoms with Crippen molar-refractivity contribution in [2.75, 3.05) is 7.11 Å². The highest BCUT2D eigenvalue weighted by Crippen LogP contribution is 2.32. The zero-order valence-corrected chi connectivity index (χ0v) is 17.9. The number of ether oxygens (including phenoxy) is 1. The van der Waals surface area contributed by atoms with E-state index < -0.39 is 23.6 Å². The van der Waals surface area contributed by atoms with Crippen LogP contribution < -0.4 is 10.1 Å². The number of methoxy groups -OCH3 is 1. The van der Waals surface area contributed by atoms with E-state index in [-0.39, 0.29) is 12.0 Å². The van der Waals surface area contributed by atoms with Crippen molar-refractivity contribution >= 4 is 16.8 Å². The highest BCUT2D eigenvalue weighted by Gasteiger charge is 2.20. The van der Waals surface area contributed by atoms with E-state index in [2.05, 4.69) is 10.3 Å². The molecule has 4 aromatic rings. The number of aromatic nitrogens is 1. The maximum atomic E-state index is 14.1. The number of benzene rings is 3. The van der Waals surface area contributed by atoms with Crippen LogP contribution in [0.2, 0.25) is 0 Å². The number of aryl methyl sites for hydroxylation is 1. The molecule has 1 amide bonds. The lowest BCUT2D eigenvalue weighted by atomic mass is 10.0. The van der Waals surface area contributed by atoms with Gasteiger partial charge in [0.25, 0.3) is 0 Å². The number of hydrogen-bond donors (Lipinski definition) is 2. The van der Waals surface area contributed by atoms with Crippen LogP contribution in [0.15, 0.2) is 66.7 Å². The van der Waals surface area contributed by atoms with Crippen LogP contribution in [0.25, 0.3) is 22.2 Å². The molecule has 5 nitrogen and oxygen atoms in total. The molecule has 1 unspecified atom stereocenters. The van der Waals surface area contributed by atoms with Gasteiger partial charge in [-0.25, -0.2) is 8.78 Å². The van der Waals surface area contributed by atoms with Gasteiger partial charge >= 0.3 is 0 Å². The molecule has 0 aliphatic heterocycles. The molecule has 1 atom stereocenters. The number of rotatable bonds is 7. The first-order chi connectivity index (χ1) is 16.0. The van der Waals surface area contributed by atoms with E-state index in [1.807, 2.05) is 54.6 Å². The Bertz CT molecular complexity index is 1340. The number of aromatic amines is 1. The van der Waals surface area contributed by atoms with Gasteiger partial charge < -0.3 is 15.0 Å². The first kappa shape index (κ1) is 22.0. The Hall–Kier alpha value is -4.18. The fourth-order valence-electron chi connectivity index (χ4n) is 3.85. The smallest absolute Gasteiger partial charge is 0.221 e. The molecule has 0 radical (unpaired) electrons. The van der Waals surface area contributed by atoms with Gasteiger partial charge in [-0.3, -0.25) is 4.79 Å². The fraction of sp³-hybridized carbons (Fsp3) is 0.154. The Morgan fingerprint density at radius 3 is 2.58 bits per heavy atom. The molecule has 0 aliphatic carbocycles. The molecular weight excluding hydrogens is 424 g/mol. The first-order valence-electron chi connectivity index (χ1n) is 10.4. The molecule has 3 aromatic carbocycles. The number of amides is 1. The summed E-state index contributed by atoms with van der Waals surface area (Å²) < 4.78 is 32.5.